The van der Waals surface area contributed by atoms with Gasteiger partial charge in [0.25, 0.3) is 0 Å². The third-order valence-corrected chi connectivity index (χ3v) is 5.95. The Bertz CT molecular complexity index is 581. The number of nitrogens with zero attached hydrogens (tertiary/aromatic N) is 1. The van der Waals surface area contributed by atoms with E-state index in [1.165, 1.54) is 19.1 Å². The highest BCUT2D eigenvalue weighted by Gasteiger charge is 2.23. The van der Waals surface area contributed by atoms with Crippen LogP contribution < -0.4 is 19.7 Å². The van der Waals surface area contributed by atoms with E-state index in [0.717, 1.165) is 6.04 Å². The molecule has 0 spiro atoms. The molecule has 1 N–H and O–H groups in total. The fraction of sp³-hybridized carbons (Fsp3) is 0.562. The molecule has 2 amide bonds. The normalized spacial score (nSPS) is 11.2. The molecule has 9 heteroatoms. The van der Waals surface area contributed by atoms with Gasteiger partial charge in [-0.1, -0.05) is 42.8 Å². The zero-order chi connectivity index (χ0) is 19.2. The Balaban J connectivity index is 2.79. The van der Waals surface area contributed by atoms with Crippen molar-refractivity contribution < 1.29 is 19.0 Å². The summed E-state index contributed by atoms with van der Waals surface area (Å²) < 4.78 is 15.9. The Morgan fingerprint density at radius 2 is 1.68 bits per heavy atom. The van der Waals surface area contributed by atoms with E-state index < -0.39 is 14.1 Å². The lowest BCUT2D eigenvalue weighted by molar-refractivity contribution is 0.132. The molecule has 1 aromatic carbocycles. The van der Waals surface area contributed by atoms with Crippen molar-refractivity contribution in [3.8, 4) is 11.5 Å². The topological polar surface area (TPSA) is 60.0 Å². The van der Waals surface area contributed by atoms with Crippen LogP contribution in [-0.4, -0.2) is 48.7 Å². The molecule has 0 heterocycles. The van der Waals surface area contributed by atoms with E-state index in [2.05, 4.69) is 25.0 Å². The molecule has 0 saturated heterocycles. The van der Waals surface area contributed by atoms with Crippen LogP contribution in [0.15, 0.2) is 6.07 Å². The average Bonchev–Trinajstić information content (AvgIpc) is 2.53. The molecule has 0 aromatic heterocycles. The monoisotopic (exact) mass is 408 g/mol. The van der Waals surface area contributed by atoms with Crippen molar-refractivity contribution in [2.24, 2.45) is 0 Å². The van der Waals surface area contributed by atoms with Crippen molar-refractivity contribution in [3.63, 3.8) is 0 Å². The van der Waals surface area contributed by atoms with Crippen molar-refractivity contribution in [1.29, 1.82) is 0 Å². The minimum atomic E-state index is -1.16. The minimum absolute atomic E-state index is 0.115. The lowest BCUT2D eigenvalue weighted by atomic mass is 10.2. The largest absolute Gasteiger partial charge is 0.495 e. The van der Waals surface area contributed by atoms with Crippen molar-refractivity contribution in [2.75, 3.05) is 39.5 Å². The van der Waals surface area contributed by atoms with Crippen LogP contribution in [0.25, 0.3) is 0 Å². The van der Waals surface area contributed by atoms with Gasteiger partial charge in [-0.05, 0) is 6.04 Å². The van der Waals surface area contributed by atoms with Gasteiger partial charge in [-0.3, -0.25) is 4.90 Å². The molecule has 0 saturated carbocycles. The van der Waals surface area contributed by atoms with Gasteiger partial charge in [0.15, 0.2) is 0 Å². The maximum absolute atomic E-state index is 12.4. The summed E-state index contributed by atoms with van der Waals surface area (Å²) in [6.07, 6.45) is 0. The molecular formula is C16H26Cl2N2O4Si. The summed E-state index contributed by atoms with van der Waals surface area (Å²) in [6, 6.07) is 2.20. The van der Waals surface area contributed by atoms with Crippen molar-refractivity contribution >= 4 is 43.0 Å². The highest BCUT2D eigenvalue weighted by molar-refractivity contribution is 6.76. The minimum Gasteiger partial charge on any atom is -0.495 e. The molecule has 0 bridgehead atoms. The summed E-state index contributed by atoms with van der Waals surface area (Å²) in [7, 11) is 3.36. The van der Waals surface area contributed by atoms with E-state index in [1.54, 1.807) is 13.1 Å². The Morgan fingerprint density at radius 1 is 1.16 bits per heavy atom. The first-order chi connectivity index (χ1) is 11.6. The van der Waals surface area contributed by atoms with Gasteiger partial charge >= 0.3 is 6.03 Å². The number of benzene rings is 1. The number of urea groups is 1. The number of anilines is 1. The number of rotatable bonds is 8. The molecule has 0 unspecified atom stereocenters. The third kappa shape index (κ3) is 6.25. The molecule has 0 aliphatic carbocycles. The lowest BCUT2D eigenvalue weighted by Gasteiger charge is -2.23. The number of methoxy groups -OCH3 is 2. The third-order valence-electron chi connectivity index (χ3n) is 3.51. The molecule has 1 rings (SSSR count). The molecule has 0 atom stereocenters. The number of nitrogens with one attached hydrogen (secondary N) is 1. The summed E-state index contributed by atoms with van der Waals surface area (Å²) in [4.78, 5) is 13.7. The van der Waals surface area contributed by atoms with Gasteiger partial charge in [0.05, 0.1) is 19.9 Å². The van der Waals surface area contributed by atoms with Crippen molar-refractivity contribution in [1.82, 2.24) is 5.32 Å². The molecule has 25 heavy (non-hydrogen) atoms. The van der Waals surface area contributed by atoms with Crippen LogP contribution in [0.5, 0.6) is 11.5 Å². The molecule has 1 aromatic rings. The Hall–Kier alpha value is -1.15. The van der Waals surface area contributed by atoms with Gasteiger partial charge in [0, 0.05) is 27.8 Å². The van der Waals surface area contributed by atoms with Gasteiger partial charge in [-0.15, -0.1) is 0 Å². The Kier molecular flexibility index (Phi) is 8.33. The van der Waals surface area contributed by atoms with Gasteiger partial charge in [-0.2, -0.15) is 0 Å². The maximum atomic E-state index is 12.4. The van der Waals surface area contributed by atoms with Gasteiger partial charge < -0.3 is 19.5 Å². The summed E-state index contributed by atoms with van der Waals surface area (Å²) in [5.41, 5.74) is 0.305. The lowest BCUT2D eigenvalue weighted by Crippen LogP contribution is -2.39. The average molecular weight is 409 g/mol. The number of hydrogen-bond acceptors (Lipinski definition) is 4. The number of carbonyl (C=O) groups is 1. The Morgan fingerprint density at radius 3 is 2.12 bits per heavy atom. The van der Waals surface area contributed by atoms with Crippen LogP contribution in [0.4, 0.5) is 10.5 Å². The number of amides is 2. The molecule has 0 aliphatic heterocycles. The zero-order valence-corrected chi connectivity index (χ0v) is 18.0. The number of carbonyl (C=O) groups excluding carboxylic acids is 1. The molecule has 6 nitrogen and oxygen atoms in total. The molecule has 142 valence electrons. The summed E-state index contributed by atoms with van der Waals surface area (Å²) in [6.45, 7) is 7.53. The van der Waals surface area contributed by atoms with E-state index in [-0.39, 0.29) is 16.8 Å². The SMILES string of the molecule is COc1cc(OC)c(Cl)c(N(C)C(=O)NCOCC[Si](C)(C)C)c1Cl. The van der Waals surface area contributed by atoms with Crippen LogP contribution in [0.1, 0.15) is 0 Å². The highest BCUT2D eigenvalue weighted by Crippen LogP contribution is 2.45. The summed E-state index contributed by atoms with van der Waals surface area (Å²) >= 11 is 12.6. The molecule has 0 aliphatic rings. The van der Waals surface area contributed by atoms with Crippen LogP contribution in [0.2, 0.25) is 35.7 Å². The summed E-state index contributed by atoms with van der Waals surface area (Å²) in [5.74, 6) is 0.730. The van der Waals surface area contributed by atoms with Crippen LogP contribution >= 0.6 is 23.2 Å². The van der Waals surface area contributed by atoms with E-state index in [1.807, 2.05) is 0 Å². The van der Waals surface area contributed by atoms with Crippen LogP contribution in [0.3, 0.4) is 0 Å². The molecule has 0 radical (unpaired) electrons. The standard InChI is InChI=1S/C16H26Cl2N2O4Si/c1-20(16(21)19-10-24-7-8-25(4,5)6)15-13(17)11(22-2)9-12(23-3)14(15)18/h9H,7-8,10H2,1-6H3,(H,19,21). The van der Waals surface area contributed by atoms with Gasteiger partial charge in [-0.25, -0.2) is 4.79 Å². The van der Waals surface area contributed by atoms with Gasteiger partial charge in [0.1, 0.15) is 28.3 Å². The van der Waals surface area contributed by atoms with E-state index in [4.69, 9.17) is 37.4 Å². The molecular weight excluding hydrogens is 383 g/mol. The van der Waals surface area contributed by atoms with E-state index in [0.29, 0.717) is 23.8 Å². The quantitative estimate of drug-likeness (QED) is 0.391. The zero-order valence-electron chi connectivity index (χ0n) is 15.5. The second-order valence-electron chi connectivity index (χ2n) is 6.66. The second-order valence-corrected chi connectivity index (χ2v) is 13.0. The van der Waals surface area contributed by atoms with E-state index >= 15 is 0 Å². The first-order valence-corrected chi connectivity index (χ1v) is 12.3. The number of hydrogen-bond donors (Lipinski definition) is 1. The van der Waals surface area contributed by atoms with Crippen molar-refractivity contribution in [2.45, 2.75) is 25.7 Å². The smallest absolute Gasteiger partial charge is 0.323 e. The van der Waals surface area contributed by atoms with Gasteiger partial charge in [0.2, 0.25) is 0 Å². The fourth-order valence-electron chi connectivity index (χ4n) is 1.95. The molecule has 0 fully saturated rings. The summed E-state index contributed by atoms with van der Waals surface area (Å²) in [5, 5.41) is 3.13. The van der Waals surface area contributed by atoms with Crippen LogP contribution in [-0.2, 0) is 4.74 Å². The Labute approximate surface area is 160 Å². The second kappa shape index (κ2) is 9.52. The highest BCUT2D eigenvalue weighted by atomic mass is 35.5. The predicted octanol–water partition coefficient (Wildman–Crippen LogP) is 4.47. The van der Waals surface area contributed by atoms with Crippen LogP contribution in [0, 0.1) is 0 Å². The van der Waals surface area contributed by atoms with Crippen molar-refractivity contribution in [3.05, 3.63) is 16.1 Å². The van der Waals surface area contributed by atoms with E-state index in [9.17, 15) is 4.79 Å². The first-order valence-electron chi connectivity index (χ1n) is 7.81. The number of halogens is 2. The maximum Gasteiger partial charge on any atom is 0.323 e. The number of ether oxygens (including phenoxy) is 3. The fourth-order valence-corrected chi connectivity index (χ4v) is 3.46. The first kappa shape index (κ1) is 21.9. The predicted molar refractivity (Wildman–Crippen MR) is 105 cm³/mol.